The van der Waals surface area contributed by atoms with Crippen LogP contribution in [0.15, 0.2) is 0 Å². The van der Waals surface area contributed by atoms with Crippen LogP contribution in [-0.4, -0.2) is 0 Å². The van der Waals surface area contributed by atoms with Gasteiger partial charge in [-0.25, -0.2) is 0 Å². The summed E-state index contributed by atoms with van der Waals surface area (Å²) >= 11 is 2.53. The van der Waals surface area contributed by atoms with Crippen LogP contribution in [0.1, 0.15) is 19.8 Å². The van der Waals surface area contributed by atoms with E-state index in [1.54, 1.807) is 0 Å². The summed E-state index contributed by atoms with van der Waals surface area (Å²) in [5.41, 5.74) is 0. The van der Waals surface area contributed by atoms with Crippen molar-refractivity contribution in [3.63, 3.8) is 0 Å². The van der Waals surface area contributed by atoms with E-state index in [2.05, 4.69) is 42.6 Å². The molecule has 0 aliphatic heterocycles. The van der Waals surface area contributed by atoms with Crippen molar-refractivity contribution in [2.24, 2.45) is 0 Å². The van der Waals surface area contributed by atoms with Crippen LogP contribution in [0.4, 0.5) is 0 Å². The van der Waals surface area contributed by atoms with Gasteiger partial charge in [0.1, 0.15) is 0 Å². The average Bonchev–Trinajstić information content (AvgIpc) is 1.72. The summed E-state index contributed by atoms with van der Waals surface area (Å²) < 4.78 is 0. The molecule has 0 spiro atoms. The van der Waals surface area contributed by atoms with Gasteiger partial charge >= 0.3 is 28.8 Å². The first-order valence-electron chi connectivity index (χ1n) is 1.83. The summed E-state index contributed by atoms with van der Waals surface area (Å²) in [6.07, 6.45) is 2.28. The van der Waals surface area contributed by atoms with E-state index in [0.29, 0.717) is 0 Å². The molecule has 0 unspecified atom stereocenters. The SMILES string of the molecule is [CH2-]CCC.[S]=[Ag]. The standard InChI is InChI=1S/C4H9.Ag.S/c1-3-4-2;;/h1,3-4H2,2H3;;/q-1;;. The molecular formula is C4H9AgS-. The van der Waals surface area contributed by atoms with Gasteiger partial charge < -0.3 is 6.92 Å². The molecule has 0 rings (SSSR count). The molecule has 0 aromatic rings. The Hall–Kier alpha value is 0.960. The van der Waals surface area contributed by atoms with Crippen molar-refractivity contribution in [2.75, 3.05) is 0 Å². The summed E-state index contributed by atoms with van der Waals surface area (Å²) in [4.78, 5) is 0. The number of hydrogen-bond acceptors (Lipinski definition) is 1. The topological polar surface area (TPSA) is 0 Å². The molecule has 0 aromatic carbocycles. The van der Waals surface area contributed by atoms with Crippen molar-refractivity contribution in [1.29, 1.82) is 0 Å². The predicted molar refractivity (Wildman–Crippen MR) is 27.9 cm³/mol. The van der Waals surface area contributed by atoms with Crippen molar-refractivity contribution in [2.45, 2.75) is 19.8 Å². The molecule has 0 heterocycles. The summed E-state index contributed by atoms with van der Waals surface area (Å²) in [6, 6.07) is 0. The predicted octanol–water partition coefficient (Wildman–Crippen LogP) is 2.27. The Labute approximate surface area is 55.6 Å². The third-order valence-corrected chi connectivity index (χ3v) is 0.354. The minimum atomic E-state index is 1.07. The summed E-state index contributed by atoms with van der Waals surface area (Å²) in [6.45, 7) is 5.72. The van der Waals surface area contributed by atoms with Gasteiger partial charge in [0.25, 0.3) is 0 Å². The van der Waals surface area contributed by atoms with Crippen LogP contribution in [0, 0.1) is 6.92 Å². The fraction of sp³-hybridized carbons (Fsp3) is 0.750. The molecule has 0 nitrogen and oxygen atoms in total. The Morgan fingerprint density at radius 1 is 1.67 bits per heavy atom. The van der Waals surface area contributed by atoms with E-state index in [4.69, 9.17) is 0 Å². The molecule has 0 aliphatic carbocycles. The van der Waals surface area contributed by atoms with Crippen molar-refractivity contribution in [3.05, 3.63) is 6.92 Å². The summed E-state index contributed by atoms with van der Waals surface area (Å²) in [7, 11) is 3.89. The quantitative estimate of drug-likeness (QED) is 0.459. The van der Waals surface area contributed by atoms with Crippen molar-refractivity contribution in [1.82, 2.24) is 0 Å². The maximum absolute atomic E-state index is 3.89. The molecule has 0 aliphatic rings. The second kappa shape index (κ2) is 16.7. The molecule has 2 heteroatoms. The van der Waals surface area contributed by atoms with E-state index in [-0.39, 0.29) is 0 Å². The first kappa shape index (κ1) is 10.0. The normalized spacial score (nSPS) is 6.00. The monoisotopic (exact) mass is 196 g/mol. The molecule has 0 radical (unpaired) electrons. The van der Waals surface area contributed by atoms with Gasteiger partial charge in [0.05, 0.1) is 0 Å². The molecule has 0 saturated heterocycles. The molecule has 0 fully saturated rings. The first-order chi connectivity index (χ1) is 2.91. The van der Waals surface area contributed by atoms with Gasteiger partial charge in [0, 0.05) is 0 Å². The molecule has 0 saturated carbocycles. The molecule has 6 heavy (non-hydrogen) atoms. The van der Waals surface area contributed by atoms with Crippen LogP contribution in [0.25, 0.3) is 0 Å². The summed E-state index contributed by atoms with van der Waals surface area (Å²) in [5.74, 6) is 0. The van der Waals surface area contributed by atoms with Gasteiger partial charge in [0.2, 0.25) is 0 Å². The van der Waals surface area contributed by atoms with Crippen LogP contribution in [0.3, 0.4) is 0 Å². The number of rotatable bonds is 1. The van der Waals surface area contributed by atoms with Crippen molar-refractivity contribution >= 4 is 9.58 Å². The summed E-state index contributed by atoms with van der Waals surface area (Å²) in [5, 5.41) is 0. The van der Waals surface area contributed by atoms with Gasteiger partial charge in [-0.05, 0) is 0 Å². The zero-order valence-electron chi connectivity index (χ0n) is 3.83. The van der Waals surface area contributed by atoms with Crippen LogP contribution in [-0.2, 0) is 19.2 Å². The van der Waals surface area contributed by atoms with E-state index in [1.165, 1.54) is 6.42 Å². The second-order valence-corrected chi connectivity index (χ2v) is 0.854. The average molecular weight is 197 g/mol. The first-order valence-corrected chi connectivity index (χ1v) is 3.89. The van der Waals surface area contributed by atoms with Crippen LogP contribution in [0.2, 0.25) is 0 Å². The van der Waals surface area contributed by atoms with E-state index in [1.807, 2.05) is 0 Å². The molecule has 0 N–H and O–H groups in total. The Kier molecular flexibility index (Phi) is 28.0. The van der Waals surface area contributed by atoms with E-state index in [9.17, 15) is 0 Å². The van der Waals surface area contributed by atoms with Gasteiger partial charge in [-0.15, -0.1) is 0 Å². The van der Waals surface area contributed by atoms with Crippen LogP contribution < -0.4 is 0 Å². The zero-order chi connectivity index (χ0) is 5.41. The van der Waals surface area contributed by atoms with E-state index < -0.39 is 0 Å². The maximum atomic E-state index is 3.89. The van der Waals surface area contributed by atoms with Gasteiger partial charge in [-0.3, -0.25) is 0 Å². The Morgan fingerprint density at radius 3 is 1.83 bits per heavy atom. The van der Waals surface area contributed by atoms with Crippen LogP contribution >= 0.6 is 9.58 Å². The Bertz CT molecular complexity index is 15.0. The molecule has 43 valence electrons. The number of hydrogen-bond donors (Lipinski definition) is 0. The molecule has 0 aromatic heterocycles. The van der Waals surface area contributed by atoms with E-state index in [0.717, 1.165) is 6.42 Å². The molecule has 0 bridgehead atoms. The third kappa shape index (κ3) is 20.2. The van der Waals surface area contributed by atoms with Crippen LogP contribution in [0.5, 0.6) is 0 Å². The van der Waals surface area contributed by atoms with Gasteiger partial charge in [-0.1, -0.05) is 13.3 Å². The zero-order valence-corrected chi connectivity index (χ0v) is 6.13. The van der Waals surface area contributed by atoms with Gasteiger partial charge in [0.15, 0.2) is 0 Å². The van der Waals surface area contributed by atoms with Gasteiger partial charge in [-0.2, -0.15) is 6.42 Å². The fourth-order valence-electron chi connectivity index (χ4n) is 0. The fourth-order valence-corrected chi connectivity index (χ4v) is 0. The Balaban J connectivity index is 0. The molecule has 0 atom stereocenters. The van der Waals surface area contributed by atoms with E-state index >= 15 is 0 Å². The van der Waals surface area contributed by atoms with Crippen molar-refractivity contribution < 1.29 is 19.2 Å². The minimum absolute atomic E-state index is 1.07. The molecule has 0 amide bonds. The molecular weight excluding hydrogens is 188 g/mol. The second-order valence-electron chi connectivity index (χ2n) is 0.854. The third-order valence-electron chi connectivity index (χ3n) is 0.354. The Morgan fingerprint density at radius 2 is 1.83 bits per heavy atom. The van der Waals surface area contributed by atoms with Crippen molar-refractivity contribution in [3.8, 4) is 0 Å². The number of unbranched alkanes of at least 4 members (excludes halogenated alkanes) is 1.